The average Bonchev–Trinajstić information content (AvgIpc) is 2.15. The van der Waals surface area contributed by atoms with E-state index in [1.807, 2.05) is 0 Å². The number of aromatic nitrogens is 1. The summed E-state index contributed by atoms with van der Waals surface area (Å²) in [6, 6.07) is 6.46. The van der Waals surface area contributed by atoms with Crippen LogP contribution in [0.4, 0.5) is 0 Å². The van der Waals surface area contributed by atoms with Crippen molar-refractivity contribution < 1.29 is 5.11 Å². The van der Waals surface area contributed by atoms with E-state index < -0.39 is 0 Å². The normalized spacial score (nSPS) is 10.4. The van der Waals surface area contributed by atoms with Crippen molar-refractivity contribution in [1.82, 2.24) is 4.98 Å². The summed E-state index contributed by atoms with van der Waals surface area (Å²) in [5.74, 6) is 0.0156. The fraction of sp³-hybridized carbons (Fsp3) is 0. The third-order valence-corrected chi connectivity index (χ3v) is 2.69. The number of benzene rings is 1. The van der Waals surface area contributed by atoms with Crippen LogP contribution in [0, 0.1) is 0 Å². The summed E-state index contributed by atoms with van der Waals surface area (Å²) in [5.41, 5.74) is 1.24. The Morgan fingerprint density at radius 2 is 1.56 bits per heavy atom. The predicted octanol–water partition coefficient (Wildman–Crippen LogP) is 4.41. The van der Waals surface area contributed by atoms with E-state index in [0.717, 1.165) is 0 Å². The second kappa shape index (κ2) is 4.50. The molecule has 1 aromatic heterocycles. The van der Waals surface area contributed by atoms with E-state index in [9.17, 15) is 5.11 Å². The standard InChI is InChI=1S/C11H6Cl3NO/c12-7-1-6(2-8(13)3-7)11-10(14)4-9(16)5-15-11/h1-5,16H. The largest absolute Gasteiger partial charge is 0.506 e. The monoisotopic (exact) mass is 273 g/mol. The van der Waals surface area contributed by atoms with Gasteiger partial charge in [0.1, 0.15) is 5.75 Å². The number of hydrogen-bond acceptors (Lipinski definition) is 2. The molecule has 0 amide bonds. The molecule has 5 heteroatoms. The summed E-state index contributed by atoms with van der Waals surface area (Å²) in [6.45, 7) is 0. The summed E-state index contributed by atoms with van der Waals surface area (Å²) in [6.07, 6.45) is 1.32. The van der Waals surface area contributed by atoms with Crippen molar-refractivity contribution in [2.75, 3.05) is 0 Å². The van der Waals surface area contributed by atoms with Gasteiger partial charge in [0.2, 0.25) is 0 Å². The zero-order valence-electron chi connectivity index (χ0n) is 7.92. The number of nitrogens with zero attached hydrogens (tertiary/aromatic N) is 1. The predicted molar refractivity (Wildman–Crippen MR) is 66.4 cm³/mol. The van der Waals surface area contributed by atoms with Gasteiger partial charge in [-0.2, -0.15) is 0 Å². The van der Waals surface area contributed by atoms with Crippen LogP contribution in [0.1, 0.15) is 0 Å². The Kier molecular flexibility index (Phi) is 3.24. The third kappa shape index (κ3) is 2.40. The van der Waals surface area contributed by atoms with Crippen LogP contribution in [0.2, 0.25) is 15.1 Å². The van der Waals surface area contributed by atoms with Crippen molar-refractivity contribution in [3.05, 3.63) is 45.5 Å². The van der Waals surface area contributed by atoms with E-state index in [1.54, 1.807) is 18.2 Å². The van der Waals surface area contributed by atoms with Crippen molar-refractivity contribution in [1.29, 1.82) is 0 Å². The lowest BCUT2D eigenvalue weighted by Gasteiger charge is -2.05. The van der Waals surface area contributed by atoms with Crippen molar-refractivity contribution in [3.8, 4) is 17.0 Å². The first-order valence-electron chi connectivity index (χ1n) is 4.37. The maximum atomic E-state index is 9.19. The van der Waals surface area contributed by atoms with Gasteiger partial charge in [-0.15, -0.1) is 0 Å². The molecule has 82 valence electrons. The second-order valence-electron chi connectivity index (χ2n) is 3.18. The maximum absolute atomic E-state index is 9.19. The van der Waals surface area contributed by atoms with Gasteiger partial charge in [-0.25, -0.2) is 0 Å². The van der Waals surface area contributed by atoms with Crippen molar-refractivity contribution in [2.24, 2.45) is 0 Å². The third-order valence-electron chi connectivity index (χ3n) is 1.96. The first kappa shape index (κ1) is 11.5. The quantitative estimate of drug-likeness (QED) is 0.835. The number of pyridine rings is 1. The SMILES string of the molecule is Oc1cnc(-c2cc(Cl)cc(Cl)c2)c(Cl)c1. The molecule has 2 rings (SSSR count). The lowest BCUT2D eigenvalue weighted by Crippen LogP contribution is -1.85. The summed E-state index contributed by atoms with van der Waals surface area (Å²) < 4.78 is 0. The first-order valence-corrected chi connectivity index (χ1v) is 5.50. The van der Waals surface area contributed by atoms with Gasteiger partial charge in [0.25, 0.3) is 0 Å². The fourth-order valence-corrected chi connectivity index (χ4v) is 2.13. The molecule has 0 aliphatic rings. The molecule has 0 saturated heterocycles. The Morgan fingerprint density at radius 1 is 0.938 bits per heavy atom. The molecule has 1 aromatic carbocycles. The molecule has 0 radical (unpaired) electrons. The fourth-order valence-electron chi connectivity index (χ4n) is 1.33. The van der Waals surface area contributed by atoms with Crippen LogP contribution < -0.4 is 0 Å². The van der Waals surface area contributed by atoms with Gasteiger partial charge < -0.3 is 5.11 Å². The van der Waals surface area contributed by atoms with Crippen molar-refractivity contribution >= 4 is 34.8 Å². The molecule has 0 unspecified atom stereocenters. The van der Waals surface area contributed by atoms with Gasteiger partial charge in [0.15, 0.2) is 0 Å². The van der Waals surface area contributed by atoms with E-state index in [1.165, 1.54) is 12.3 Å². The van der Waals surface area contributed by atoms with Crippen LogP contribution in [0.25, 0.3) is 11.3 Å². The molecule has 0 aliphatic heterocycles. The lowest BCUT2D eigenvalue weighted by molar-refractivity contribution is 0.473. The minimum Gasteiger partial charge on any atom is -0.506 e. The molecule has 0 atom stereocenters. The van der Waals surface area contributed by atoms with Gasteiger partial charge in [-0.3, -0.25) is 4.98 Å². The smallest absolute Gasteiger partial charge is 0.135 e. The van der Waals surface area contributed by atoms with Gasteiger partial charge in [-0.1, -0.05) is 34.8 Å². The van der Waals surface area contributed by atoms with Crippen molar-refractivity contribution in [2.45, 2.75) is 0 Å². The highest BCUT2D eigenvalue weighted by molar-refractivity contribution is 6.36. The molecular formula is C11H6Cl3NO. The van der Waals surface area contributed by atoms with Crippen LogP contribution in [0.5, 0.6) is 5.75 Å². The highest BCUT2D eigenvalue weighted by atomic mass is 35.5. The lowest BCUT2D eigenvalue weighted by atomic mass is 10.1. The minimum absolute atomic E-state index is 0.0156. The highest BCUT2D eigenvalue weighted by Crippen LogP contribution is 2.31. The van der Waals surface area contributed by atoms with E-state index in [2.05, 4.69) is 4.98 Å². The van der Waals surface area contributed by atoms with Crippen LogP contribution >= 0.6 is 34.8 Å². The summed E-state index contributed by atoms with van der Waals surface area (Å²) >= 11 is 17.7. The highest BCUT2D eigenvalue weighted by Gasteiger charge is 2.08. The van der Waals surface area contributed by atoms with E-state index in [4.69, 9.17) is 34.8 Å². The molecule has 0 bridgehead atoms. The zero-order valence-corrected chi connectivity index (χ0v) is 10.2. The van der Waals surface area contributed by atoms with E-state index in [0.29, 0.717) is 26.3 Å². The average molecular weight is 275 g/mol. The summed E-state index contributed by atoms with van der Waals surface area (Å²) in [4.78, 5) is 4.03. The molecule has 1 heterocycles. The first-order chi connectivity index (χ1) is 7.56. The van der Waals surface area contributed by atoms with E-state index in [-0.39, 0.29) is 5.75 Å². The van der Waals surface area contributed by atoms with Crippen LogP contribution in [0.15, 0.2) is 30.5 Å². The van der Waals surface area contributed by atoms with Crippen LogP contribution in [-0.2, 0) is 0 Å². The maximum Gasteiger partial charge on any atom is 0.135 e. The molecule has 0 spiro atoms. The number of halogens is 3. The zero-order chi connectivity index (χ0) is 11.7. The minimum atomic E-state index is 0.0156. The van der Waals surface area contributed by atoms with Crippen LogP contribution in [-0.4, -0.2) is 10.1 Å². The molecule has 0 saturated carbocycles. The van der Waals surface area contributed by atoms with Crippen molar-refractivity contribution in [3.63, 3.8) is 0 Å². The summed E-state index contributed by atoms with van der Waals surface area (Å²) in [7, 11) is 0. The number of rotatable bonds is 1. The molecule has 1 N–H and O–H groups in total. The van der Waals surface area contributed by atoms with Gasteiger partial charge in [0, 0.05) is 21.7 Å². The number of hydrogen-bond donors (Lipinski definition) is 1. The molecule has 0 aliphatic carbocycles. The van der Waals surface area contributed by atoms with Gasteiger partial charge in [0.05, 0.1) is 16.9 Å². The Labute approximate surface area is 107 Å². The van der Waals surface area contributed by atoms with Gasteiger partial charge in [-0.05, 0) is 18.2 Å². The molecule has 0 fully saturated rings. The topological polar surface area (TPSA) is 33.1 Å². The van der Waals surface area contributed by atoms with Crippen LogP contribution in [0.3, 0.4) is 0 Å². The Balaban J connectivity index is 2.58. The molecule has 16 heavy (non-hydrogen) atoms. The van der Waals surface area contributed by atoms with E-state index >= 15 is 0 Å². The summed E-state index contributed by atoms with van der Waals surface area (Å²) in [5, 5.41) is 10.6. The molecular weight excluding hydrogens is 268 g/mol. The Hall–Kier alpha value is -0.960. The Bertz CT molecular complexity index is 522. The van der Waals surface area contributed by atoms with Gasteiger partial charge >= 0.3 is 0 Å². The molecule has 2 aromatic rings. The Morgan fingerprint density at radius 3 is 2.12 bits per heavy atom. The second-order valence-corrected chi connectivity index (χ2v) is 4.46. The molecule has 2 nitrogen and oxygen atoms in total. The number of aromatic hydroxyl groups is 1.